The summed E-state index contributed by atoms with van der Waals surface area (Å²) >= 11 is 0. The van der Waals surface area contributed by atoms with Crippen LogP contribution < -0.4 is 10.5 Å². The number of hydrogen-bond acceptors (Lipinski definition) is 8. The second kappa shape index (κ2) is 12.8. The standard InChI is InChI=1S/C31H36N6O6/c1-21(9-5-7-16-35-20-22(15-18-38)32-34-35)31(42)25-19-23(37-29(40)24-10-3-4-11-26(24)33-37)13-14-27(25)36(30(31)41)17-8-6-12-28(39)43-2/h3-5,9-11,13-14,19-21,33,38,42H,6-8,12,15-18H2,1-2H3/b9-5+/t21-,31+/m0/s1. The van der Waals surface area contributed by atoms with Gasteiger partial charge in [0, 0.05) is 50.2 Å². The maximum atomic E-state index is 13.9. The van der Waals surface area contributed by atoms with Gasteiger partial charge in [0.25, 0.3) is 11.5 Å². The molecule has 4 aromatic rings. The van der Waals surface area contributed by atoms with Crippen LogP contribution in [0.15, 0.2) is 65.6 Å². The molecule has 1 amide bonds. The summed E-state index contributed by atoms with van der Waals surface area (Å²) in [7, 11) is 1.34. The number of aliphatic hydroxyl groups excluding tert-OH is 1. The van der Waals surface area contributed by atoms with Gasteiger partial charge in [-0.05, 0) is 49.6 Å². The van der Waals surface area contributed by atoms with Crippen LogP contribution in [0.2, 0.25) is 0 Å². The molecule has 12 heteroatoms. The van der Waals surface area contributed by atoms with E-state index in [1.165, 1.54) is 11.8 Å². The normalized spacial score (nSPS) is 17.2. The van der Waals surface area contributed by atoms with Crippen LogP contribution in [0.4, 0.5) is 5.69 Å². The number of allylic oxidation sites excluding steroid dienone is 1. The second-order valence-electron chi connectivity index (χ2n) is 10.7. The van der Waals surface area contributed by atoms with Gasteiger partial charge in [-0.15, -0.1) is 5.10 Å². The van der Waals surface area contributed by atoms with Gasteiger partial charge in [0.15, 0.2) is 5.60 Å². The molecule has 226 valence electrons. The fourth-order valence-corrected chi connectivity index (χ4v) is 5.50. The molecule has 43 heavy (non-hydrogen) atoms. The Balaban J connectivity index is 1.42. The number of nitrogens with zero attached hydrogens (tertiary/aromatic N) is 5. The van der Waals surface area contributed by atoms with E-state index < -0.39 is 17.4 Å². The Morgan fingerprint density at radius 1 is 1.16 bits per heavy atom. The van der Waals surface area contributed by atoms with Crippen molar-refractivity contribution in [3.63, 3.8) is 0 Å². The first kappa shape index (κ1) is 29.9. The third kappa shape index (κ3) is 5.88. The van der Waals surface area contributed by atoms with E-state index in [1.807, 2.05) is 24.3 Å². The Bertz CT molecular complexity index is 1700. The highest BCUT2D eigenvalue weighted by Crippen LogP contribution is 2.46. The number of unbranched alkanes of at least 4 members (excludes halogenated alkanes) is 1. The van der Waals surface area contributed by atoms with Crippen LogP contribution in [0.3, 0.4) is 0 Å². The number of amides is 1. The number of aliphatic hydroxyl groups is 2. The Labute approximate surface area is 248 Å². The fraction of sp³-hybridized carbons (Fsp3) is 0.387. The van der Waals surface area contributed by atoms with E-state index in [9.17, 15) is 19.5 Å². The average Bonchev–Trinajstić information content (AvgIpc) is 3.67. The second-order valence-corrected chi connectivity index (χ2v) is 10.7. The van der Waals surface area contributed by atoms with Gasteiger partial charge in [-0.1, -0.05) is 36.4 Å². The van der Waals surface area contributed by atoms with Gasteiger partial charge < -0.3 is 19.8 Å². The molecule has 5 rings (SSSR count). The number of para-hydroxylation sites is 1. The van der Waals surface area contributed by atoms with Crippen molar-refractivity contribution in [1.29, 1.82) is 0 Å². The number of fused-ring (bicyclic) bond motifs is 2. The maximum Gasteiger partial charge on any atom is 0.305 e. The number of H-pyrrole nitrogens is 1. The molecule has 3 N–H and O–H groups in total. The summed E-state index contributed by atoms with van der Waals surface area (Å²) in [4.78, 5) is 40.2. The van der Waals surface area contributed by atoms with E-state index in [0.717, 1.165) is 0 Å². The Morgan fingerprint density at radius 3 is 2.74 bits per heavy atom. The maximum absolute atomic E-state index is 13.9. The molecule has 0 bridgehead atoms. The molecule has 3 heterocycles. The zero-order valence-electron chi connectivity index (χ0n) is 24.3. The zero-order valence-corrected chi connectivity index (χ0v) is 24.3. The largest absolute Gasteiger partial charge is 0.469 e. The van der Waals surface area contributed by atoms with Crippen LogP contribution in [0.25, 0.3) is 16.6 Å². The van der Waals surface area contributed by atoms with Gasteiger partial charge >= 0.3 is 5.97 Å². The smallest absolute Gasteiger partial charge is 0.305 e. The van der Waals surface area contributed by atoms with Gasteiger partial charge in [-0.2, -0.15) is 0 Å². The lowest BCUT2D eigenvalue weighted by atomic mass is 9.82. The summed E-state index contributed by atoms with van der Waals surface area (Å²) < 4.78 is 7.82. The topological polar surface area (TPSA) is 156 Å². The molecule has 0 saturated carbocycles. The molecule has 2 aromatic heterocycles. The summed E-state index contributed by atoms with van der Waals surface area (Å²) in [6.07, 6.45) is 7.83. The number of hydrogen-bond donors (Lipinski definition) is 3. The molecule has 0 radical (unpaired) electrons. The number of aryl methyl sites for hydroxylation is 1. The van der Waals surface area contributed by atoms with Crippen LogP contribution in [0.1, 0.15) is 43.9 Å². The molecular weight excluding hydrogens is 552 g/mol. The molecule has 2 atom stereocenters. The number of carbonyl (C=O) groups is 2. The minimum atomic E-state index is -1.87. The van der Waals surface area contributed by atoms with Crippen molar-refractivity contribution in [3.8, 4) is 5.69 Å². The number of benzene rings is 2. The number of carbonyl (C=O) groups excluding carboxylic acids is 2. The molecule has 0 spiro atoms. The van der Waals surface area contributed by atoms with E-state index in [2.05, 4.69) is 15.4 Å². The highest BCUT2D eigenvalue weighted by molar-refractivity contribution is 6.07. The number of aromatic nitrogens is 5. The van der Waals surface area contributed by atoms with E-state index >= 15 is 0 Å². The SMILES string of the molecule is COC(=O)CCCCN1C(=O)[C@@](O)([C@@H](C)/C=C/CCn2cc(CCO)nn2)c2cc(-n3[nH]c4ccccc4c3=O)ccc21. The molecule has 0 saturated heterocycles. The van der Waals surface area contributed by atoms with Crippen molar-refractivity contribution in [1.82, 2.24) is 24.8 Å². The number of ether oxygens (including phenoxy) is 1. The highest BCUT2D eigenvalue weighted by atomic mass is 16.5. The molecule has 2 aromatic carbocycles. The molecule has 1 aliphatic rings. The summed E-state index contributed by atoms with van der Waals surface area (Å²) in [5.41, 5.74) is 0.762. The lowest BCUT2D eigenvalue weighted by molar-refractivity contribution is -0.140. The van der Waals surface area contributed by atoms with Crippen molar-refractivity contribution in [2.24, 2.45) is 5.92 Å². The van der Waals surface area contributed by atoms with Gasteiger partial charge in [0.1, 0.15) is 0 Å². The number of anilines is 1. The van der Waals surface area contributed by atoms with Crippen LogP contribution in [0, 0.1) is 5.92 Å². The van der Waals surface area contributed by atoms with Crippen LogP contribution in [-0.2, 0) is 32.9 Å². The summed E-state index contributed by atoms with van der Waals surface area (Å²) in [6.45, 7) is 2.65. The minimum absolute atomic E-state index is 0.00310. The monoisotopic (exact) mass is 588 g/mol. The molecular formula is C31H36N6O6. The predicted octanol–water partition coefficient (Wildman–Crippen LogP) is 2.61. The fourth-order valence-electron chi connectivity index (χ4n) is 5.50. The van der Waals surface area contributed by atoms with Crippen molar-refractivity contribution >= 4 is 28.5 Å². The summed E-state index contributed by atoms with van der Waals surface area (Å²) in [5.74, 6) is -1.37. The lowest BCUT2D eigenvalue weighted by Gasteiger charge is -2.28. The van der Waals surface area contributed by atoms with Crippen LogP contribution in [-0.4, -0.2) is 67.1 Å². The van der Waals surface area contributed by atoms with E-state index in [4.69, 9.17) is 9.84 Å². The van der Waals surface area contributed by atoms with Gasteiger partial charge in [0.05, 0.1) is 35.1 Å². The molecule has 0 unspecified atom stereocenters. The van der Waals surface area contributed by atoms with Crippen LogP contribution in [0.5, 0.6) is 0 Å². The average molecular weight is 589 g/mol. The Hall–Kier alpha value is -4.55. The number of esters is 1. The van der Waals surface area contributed by atoms with E-state index in [-0.39, 0.29) is 24.6 Å². The summed E-state index contributed by atoms with van der Waals surface area (Å²) in [6, 6.07) is 12.4. The zero-order chi connectivity index (χ0) is 30.6. The Kier molecular flexibility index (Phi) is 8.88. The first-order valence-electron chi connectivity index (χ1n) is 14.4. The molecule has 12 nitrogen and oxygen atoms in total. The first-order chi connectivity index (χ1) is 20.8. The number of nitrogens with one attached hydrogen (secondary N) is 1. The predicted molar refractivity (Wildman–Crippen MR) is 160 cm³/mol. The molecule has 0 aliphatic carbocycles. The lowest BCUT2D eigenvalue weighted by Crippen LogP contribution is -2.44. The number of aromatic amines is 1. The summed E-state index contributed by atoms with van der Waals surface area (Å²) in [5, 5.41) is 32.9. The third-order valence-electron chi connectivity index (χ3n) is 7.91. The van der Waals surface area contributed by atoms with Crippen molar-refractivity contribution in [3.05, 3.63) is 82.4 Å². The molecule has 1 aliphatic heterocycles. The number of rotatable bonds is 13. The molecule has 0 fully saturated rings. The van der Waals surface area contributed by atoms with E-state index in [1.54, 1.807) is 53.0 Å². The van der Waals surface area contributed by atoms with Crippen LogP contribution >= 0.6 is 0 Å². The van der Waals surface area contributed by atoms with Gasteiger partial charge in [-0.3, -0.25) is 24.2 Å². The number of methoxy groups -OCH3 is 1. The first-order valence-corrected chi connectivity index (χ1v) is 14.4. The third-order valence-corrected chi connectivity index (χ3v) is 7.91. The van der Waals surface area contributed by atoms with Gasteiger partial charge in [0.2, 0.25) is 0 Å². The minimum Gasteiger partial charge on any atom is -0.469 e. The van der Waals surface area contributed by atoms with Crippen molar-refractivity contribution in [2.75, 3.05) is 25.2 Å². The highest BCUT2D eigenvalue weighted by Gasteiger charge is 2.52. The Morgan fingerprint density at radius 2 is 1.98 bits per heavy atom. The quantitative estimate of drug-likeness (QED) is 0.122. The van der Waals surface area contributed by atoms with Crippen molar-refractivity contribution < 1.29 is 24.5 Å². The van der Waals surface area contributed by atoms with Crippen molar-refractivity contribution in [2.45, 2.75) is 51.2 Å². The van der Waals surface area contributed by atoms with E-state index in [0.29, 0.717) is 72.3 Å². The van der Waals surface area contributed by atoms with Gasteiger partial charge in [-0.25, -0.2) is 4.68 Å².